The van der Waals surface area contributed by atoms with Crippen molar-refractivity contribution in [2.24, 2.45) is 0 Å². The molecule has 8 nitrogen and oxygen atoms in total. The van der Waals surface area contributed by atoms with Crippen molar-refractivity contribution >= 4 is 37.5 Å². The molecule has 1 fully saturated rings. The summed E-state index contributed by atoms with van der Waals surface area (Å²) >= 11 is 1.28. The first-order valence-electron chi connectivity index (χ1n) is 9.08. The lowest BCUT2D eigenvalue weighted by atomic mass is 10.2. The lowest BCUT2D eigenvalue weighted by molar-refractivity contribution is -0.149. The number of nitrogens with one attached hydrogen (secondary N) is 1. The average Bonchev–Trinajstić information content (AvgIpc) is 3.36. The van der Waals surface area contributed by atoms with Crippen LogP contribution >= 0.6 is 11.3 Å². The summed E-state index contributed by atoms with van der Waals surface area (Å²) in [6, 6.07) is 7.34. The first-order valence-corrected chi connectivity index (χ1v) is 11.4. The van der Waals surface area contributed by atoms with Crippen molar-refractivity contribution < 1.29 is 17.9 Å². The van der Waals surface area contributed by atoms with Gasteiger partial charge in [-0.25, -0.2) is 13.4 Å². The maximum atomic E-state index is 13.0. The molecule has 0 radical (unpaired) electrons. The van der Waals surface area contributed by atoms with Gasteiger partial charge in [-0.05, 0) is 43.3 Å². The van der Waals surface area contributed by atoms with Crippen LogP contribution in [-0.2, 0) is 26.2 Å². The second-order valence-electron chi connectivity index (χ2n) is 6.84. The SMILES string of the molecule is Cc1ccc(S(=O)(=O)N2CCCC2C(=O)OCc2nc3ccsc3c(=O)[nH]2)cc1. The normalized spacial score (nSPS) is 17.6. The minimum Gasteiger partial charge on any atom is -0.456 e. The highest BCUT2D eigenvalue weighted by molar-refractivity contribution is 7.89. The number of nitrogens with zero attached hydrogens (tertiary/aromatic N) is 2. The van der Waals surface area contributed by atoms with Crippen LogP contribution in [0.3, 0.4) is 0 Å². The Kier molecular flexibility index (Phi) is 5.24. The van der Waals surface area contributed by atoms with Crippen LogP contribution in [0, 0.1) is 6.92 Å². The fraction of sp³-hybridized carbons (Fsp3) is 0.316. The van der Waals surface area contributed by atoms with Crippen molar-refractivity contribution in [2.45, 2.75) is 37.3 Å². The first-order chi connectivity index (χ1) is 13.9. The lowest BCUT2D eigenvalue weighted by Gasteiger charge is -2.22. The van der Waals surface area contributed by atoms with Gasteiger partial charge in [-0.3, -0.25) is 9.59 Å². The van der Waals surface area contributed by atoms with Gasteiger partial charge >= 0.3 is 5.97 Å². The Morgan fingerprint density at radius 2 is 2.07 bits per heavy atom. The van der Waals surface area contributed by atoms with Gasteiger partial charge in [0.25, 0.3) is 5.56 Å². The Bertz CT molecular complexity index is 1210. The van der Waals surface area contributed by atoms with Crippen molar-refractivity contribution in [3.63, 3.8) is 0 Å². The van der Waals surface area contributed by atoms with Gasteiger partial charge in [0.1, 0.15) is 23.2 Å². The molecule has 0 spiro atoms. The van der Waals surface area contributed by atoms with E-state index in [1.54, 1.807) is 23.6 Å². The number of esters is 1. The number of ether oxygens (including phenoxy) is 1. The quantitative estimate of drug-likeness (QED) is 0.618. The van der Waals surface area contributed by atoms with E-state index in [1.807, 2.05) is 6.92 Å². The molecular formula is C19H19N3O5S2. The van der Waals surface area contributed by atoms with Crippen molar-refractivity contribution in [3.8, 4) is 0 Å². The van der Waals surface area contributed by atoms with Gasteiger partial charge in [0, 0.05) is 6.54 Å². The molecule has 10 heteroatoms. The summed E-state index contributed by atoms with van der Waals surface area (Å²) in [7, 11) is -3.80. The number of fused-ring (bicyclic) bond motifs is 1. The third-order valence-corrected chi connectivity index (χ3v) is 7.64. The zero-order chi connectivity index (χ0) is 20.6. The second-order valence-corrected chi connectivity index (χ2v) is 9.65. The Balaban J connectivity index is 1.50. The Morgan fingerprint density at radius 3 is 2.83 bits per heavy atom. The van der Waals surface area contributed by atoms with Crippen LogP contribution in [0.15, 0.2) is 45.4 Å². The summed E-state index contributed by atoms with van der Waals surface area (Å²) in [5.41, 5.74) is 1.19. The molecule has 152 valence electrons. The van der Waals surface area contributed by atoms with Gasteiger partial charge < -0.3 is 9.72 Å². The van der Waals surface area contributed by atoms with Crippen LogP contribution in [0.2, 0.25) is 0 Å². The van der Waals surface area contributed by atoms with Gasteiger partial charge in [0.2, 0.25) is 10.0 Å². The fourth-order valence-corrected chi connectivity index (χ4v) is 5.71. The molecule has 2 aromatic heterocycles. The molecule has 3 heterocycles. The van der Waals surface area contributed by atoms with E-state index in [4.69, 9.17) is 4.74 Å². The average molecular weight is 434 g/mol. The standard InChI is InChI=1S/C19H19N3O5S2/c1-12-4-6-13(7-5-12)29(25,26)22-9-2-3-15(22)19(24)27-11-16-20-14-8-10-28-17(14)18(23)21-16/h4-8,10,15H,2-3,9,11H2,1H3,(H,20,21,23). The van der Waals surface area contributed by atoms with E-state index < -0.39 is 22.0 Å². The van der Waals surface area contributed by atoms with E-state index >= 15 is 0 Å². The topological polar surface area (TPSA) is 109 Å². The number of benzene rings is 1. The summed E-state index contributed by atoms with van der Waals surface area (Å²) in [6.07, 6.45) is 0.957. The number of sulfonamides is 1. The minimum absolute atomic E-state index is 0.150. The summed E-state index contributed by atoms with van der Waals surface area (Å²) in [5.74, 6) is -0.425. The molecule has 3 aromatic rings. The highest BCUT2D eigenvalue weighted by Gasteiger charge is 2.40. The minimum atomic E-state index is -3.80. The van der Waals surface area contributed by atoms with Gasteiger partial charge in [-0.1, -0.05) is 17.7 Å². The Morgan fingerprint density at radius 1 is 1.31 bits per heavy atom. The molecule has 0 bridgehead atoms. The van der Waals surface area contributed by atoms with Crippen molar-refractivity contribution in [1.82, 2.24) is 14.3 Å². The van der Waals surface area contributed by atoms with Crippen LogP contribution in [0.5, 0.6) is 0 Å². The fourth-order valence-electron chi connectivity index (χ4n) is 3.33. The number of thiophene rings is 1. The van der Waals surface area contributed by atoms with E-state index in [0.717, 1.165) is 5.56 Å². The number of carbonyl (C=O) groups excluding carboxylic acids is 1. The van der Waals surface area contributed by atoms with Gasteiger partial charge in [0.05, 0.1) is 10.4 Å². The predicted molar refractivity (Wildman–Crippen MR) is 108 cm³/mol. The molecule has 4 rings (SSSR count). The van der Waals surface area contributed by atoms with Gasteiger partial charge in [-0.15, -0.1) is 11.3 Å². The number of carbonyl (C=O) groups is 1. The molecule has 1 aromatic carbocycles. The van der Waals surface area contributed by atoms with Crippen molar-refractivity contribution in [2.75, 3.05) is 6.54 Å². The number of hydrogen-bond donors (Lipinski definition) is 1. The van der Waals surface area contributed by atoms with Gasteiger partial charge in [-0.2, -0.15) is 4.31 Å². The monoisotopic (exact) mass is 433 g/mol. The highest BCUT2D eigenvalue weighted by atomic mass is 32.2. The summed E-state index contributed by atoms with van der Waals surface area (Å²) < 4.78 is 32.9. The molecule has 1 N–H and O–H groups in total. The van der Waals surface area contributed by atoms with Crippen LogP contribution in [0.1, 0.15) is 24.2 Å². The maximum Gasteiger partial charge on any atom is 0.324 e. The summed E-state index contributed by atoms with van der Waals surface area (Å²) in [4.78, 5) is 31.6. The highest BCUT2D eigenvalue weighted by Crippen LogP contribution is 2.27. The number of H-pyrrole nitrogens is 1. The molecule has 0 amide bonds. The van der Waals surface area contributed by atoms with Crippen LogP contribution in [-0.4, -0.2) is 41.2 Å². The smallest absolute Gasteiger partial charge is 0.324 e. The van der Waals surface area contributed by atoms with Crippen LogP contribution in [0.4, 0.5) is 0 Å². The summed E-state index contributed by atoms with van der Waals surface area (Å²) in [6.45, 7) is 1.90. The Hall–Kier alpha value is -2.56. The molecule has 1 unspecified atom stereocenters. The number of rotatable bonds is 5. The van der Waals surface area contributed by atoms with E-state index in [0.29, 0.717) is 23.1 Å². The molecular weight excluding hydrogens is 414 g/mol. The molecule has 29 heavy (non-hydrogen) atoms. The van der Waals surface area contributed by atoms with E-state index in [-0.39, 0.29) is 29.4 Å². The largest absolute Gasteiger partial charge is 0.456 e. The molecule has 1 saturated heterocycles. The molecule has 1 aliphatic rings. The number of hydrogen-bond acceptors (Lipinski definition) is 7. The number of aromatic nitrogens is 2. The third-order valence-electron chi connectivity index (χ3n) is 4.82. The predicted octanol–water partition coefficient (Wildman–Crippen LogP) is 2.19. The third kappa shape index (κ3) is 3.83. The number of aromatic amines is 1. The molecule has 1 atom stereocenters. The van der Waals surface area contributed by atoms with Crippen LogP contribution < -0.4 is 5.56 Å². The van der Waals surface area contributed by atoms with Crippen molar-refractivity contribution in [3.05, 3.63) is 57.5 Å². The zero-order valence-corrected chi connectivity index (χ0v) is 17.3. The van der Waals surface area contributed by atoms with Crippen LogP contribution in [0.25, 0.3) is 10.2 Å². The van der Waals surface area contributed by atoms with Crippen molar-refractivity contribution in [1.29, 1.82) is 0 Å². The van der Waals surface area contributed by atoms with Gasteiger partial charge in [0.15, 0.2) is 0 Å². The van der Waals surface area contributed by atoms with E-state index in [2.05, 4.69) is 9.97 Å². The molecule has 0 aliphatic carbocycles. The first kappa shape index (κ1) is 19.7. The number of aryl methyl sites for hydroxylation is 1. The van der Waals surface area contributed by atoms with E-state index in [1.165, 1.54) is 27.8 Å². The lowest BCUT2D eigenvalue weighted by Crippen LogP contribution is -2.41. The molecule has 1 aliphatic heterocycles. The maximum absolute atomic E-state index is 13.0. The summed E-state index contributed by atoms with van der Waals surface area (Å²) in [5, 5.41) is 1.76. The zero-order valence-electron chi connectivity index (χ0n) is 15.6. The van der Waals surface area contributed by atoms with E-state index in [9.17, 15) is 18.0 Å². The second kappa shape index (κ2) is 7.69. The molecule has 0 saturated carbocycles. The Labute approximate surface area is 171 Å².